The fraction of sp³-hybridized carbons (Fsp3) is 0.547. The predicted molar refractivity (Wildman–Crippen MR) is 302 cm³/mol. The van der Waals surface area contributed by atoms with E-state index in [1.165, 1.54) is 19.3 Å². The minimum Gasteiger partial charge on any atom is -0.462 e. The monoisotopic (exact) mass is 963 g/mol. The zero-order valence-corrected chi connectivity index (χ0v) is 44.5. The van der Waals surface area contributed by atoms with Gasteiger partial charge in [0.2, 0.25) is 0 Å². The van der Waals surface area contributed by atoms with Crippen molar-refractivity contribution in [1.29, 1.82) is 0 Å². The molecule has 70 heavy (non-hydrogen) atoms. The lowest BCUT2D eigenvalue weighted by atomic mass is 10.1. The highest BCUT2D eigenvalue weighted by atomic mass is 16.6. The number of hydrogen-bond donors (Lipinski definition) is 0. The van der Waals surface area contributed by atoms with Crippen LogP contribution >= 0.6 is 0 Å². The third-order valence-corrected chi connectivity index (χ3v) is 10.8. The number of unbranched alkanes of at least 4 members (excludes halogenated alkanes) is 10. The van der Waals surface area contributed by atoms with Gasteiger partial charge in [0.15, 0.2) is 6.10 Å². The highest BCUT2D eigenvalue weighted by Crippen LogP contribution is 2.11. The van der Waals surface area contributed by atoms with Gasteiger partial charge in [0, 0.05) is 19.3 Å². The van der Waals surface area contributed by atoms with Gasteiger partial charge in [-0.05, 0) is 128 Å². The molecular weight excluding hydrogens is 865 g/mol. The normalized spacial score (nSPS) is 13.4. The van der Waals surface area contributed by atoms with Crippen LogP contribution in [-0.4, -0.2) is 37.2 Å². The van der Waals surface area contributed by atoms with Gasteiger partial charge < -0.3 is 14.2 Å². The van der Waals surface area contributed by atoms with Gasteiger partial charge in [-0.15, -0.1) is 0 Å². The lowest BCUT2D eigenvalue weighted by molar-refractivity contribution is -0.167. The Kier molecular flexibility index (Phi) is 52.6. The Morgan fingerprint density at radius 3 is 0.900 bits per heavy atom. The number of carbonyl (C=O) groups is 3. The molecule has 0 radical (unpaired) electrons. The second-order valence-corrected chi connectivity index (χ2v) is 17.4. The topological polar surface area (TPSA) is 78.9 Å². The first kappa shape index (κ1) is 65.0. The van der Waals surface area contributed by atoms with Gasteiger partial charge in [0.05, 0.1) is 0 Å². The zero-order valence-electron chi connectivity index (χ0n) is 44.5. The molecule has 0 saturated heterocycles. The van der Waals surface area contributed by atoms with Crippen molar-refractivity contribution in [2.24, 2.45) is 0 Å². The number of ether oxygens (including phenoxy) is 3. The molecule has 0 aliphatic carbocycles. The van der Waals surface area contributed by atoms with Crippen molar-refractivity contribution in [1.82, 2.24) is 0 Å². The van der Waals surface area contributed by atoms with E-state index in [0.717, 1.165) is 141 Å². The average Bonchev–Trinajstić information content (AvgIpc) is 3.36. The maximum absolute atomic E-state index is 12.7. The molecule has 0 fully saturated rings. The molecule has 0 rings (SSSR count). The minimum absolute atomic E-state index is 0.112. The number of hydrogen-bond acceptors (Lipinski definition) is 6. The van der Waals surface area contributed by atoms with Gasteiger partial charge in [-0.2, -0.15) is 0 Å². The molecule has 0 aromatic rings. The van der Waals surface area contributed by atoms with E-state index in [0.29, 0.717) is 19.3 Å². The van der Waals surface area contributed by atoms with Crippen molar-refractivity contribution in [3.63, 3.8) is 0 Å². The Hall–Kier alpha value is -4.97. The number of rotatable bonds is 47. The average molecular weight is 963 g/mol. The molecule has 0 N–H and O–H groups in total. The van der Waals surface area contributed by atoms with E-state index in [-0.39, 0.29) is 37.5 Å². The summed E-state index contributed by atoms with van der Waals surface area (Å²) >= 11 is 0. The summed E-state index contributed by atoms with van der Waals surface area (Å²) in [6, 6.07) is 0. The first-order chi connectivity index (χ1) is 34.5. The van der Waals surface area contributed by atoms with Crippen LogP contribution in [0.15, 0.2) is 158 Å². The Morgan fingerprint density at radius 2 is 0.557 bits per heavy atom. The van der Waals surface area contributed by atoms with Gasteiger partial charge in [-0.3, -0.25) is 14.4 Å². The Labute approximate surface area is 429 Å². The van der Waals surface area contributed by atoms with Crippen molar-refractivity contribution in [3.05, 3.63) is 158 Å². The maximum atomic E-state index is 12.7. The molecule has 390 valence electrons. The Balaban J connectivity index is 4.28. The molecule has 0 aliphatic heterocycles. The summed E-state index contributed by atoms with van der Waals surface area (Å²) in [6.07, 6.45) is 82.7. The van der Waals surface area contributed by atoms with Gasteiger partial charge >= 0.3 is 17.9 Å². The lowest BCUT2D eigenvalue weighted by Gasteiger charge is -2.18. The summed E-state index contributed by atoms with van der Waals surface area (Å²) in [6.45, 7) is 6.25. The third-order valence-electron chi connectivity index (χ3n) is 10.8. The summed E-state index contributed by atoms with van der Waals surface area (Å²) < 4.78 is 16.6. The van der Waals surface area contributed by atoms with E-state index in [1.807, 2.05) is 0 Å². The fourth-order valence-corrected chi connectivity index (χ4v) is 6.72. The van der Waals surface area contributed by atoms with Crippen molar-refractivity contribution >= 4 is 17.9 Å². The maximum Gasteiger partial charge on any atom is 0.306 e. The molecule has 0 aromatic carbocycles. The van der Waals surface area contributed by atoms with E-state index in [2.05, 4.69) is 179 Å². The van der Waals surface area contributed by atoms with Gasteiger partial charge in [-0.25, -0.2) is 0 Å². The summed E-state index contributed by atoms with van der Waals surface area (Å²) in [5, 5.41) is 0. The van der Waals surface area contributed by atoms with Crippen LogP contribution in [0.5, 0.6) is 0 Å². The molecule has 0 aromatic heterocycles. The van der Waals surface area contributed by atoms with Crippen LogP contribution < -0.4 is 0 Å². The highest BCUT2D eigenvalue weighted by molar-refractivity contribution is 5.71. The zero-order chi connectivity index (χ0) is 50.7. The molecule has 0 spiro atoms. The quantitative estimate of drug-likeness (QED) is 0.0262. The van der Waals surface area contributed by atoms with Crippen molar-refractivity contribution in [2.45, 2.75) is 213 Å². The Morgan fingerprint density at radius 1 is 0.300 bits per heavy atom. The highest BCUT2D eigenvalue weighted by Gasteiger charge is 2.19. The second kappa shape index (κ2) is 56.6. The molecule has 0 heterocycles. The van der Waals surface area contributed by atoms with Crippen molar-refractivity contribution in [2.75, 3.05) is 13.2 Å². The molecular formula is C64H98O6. The van der Waals surface area contributed by atoms with Gasteiger partial charge in [-0.1, -0.05) is 217 Å². The van der Waals surface area contributed by atoms with E-state index >= 15 is 0 Å². The summed E-state index contributed by atoms with van der Waals surface area (Å²) in [5.41, 5.74) is 0. The molecule has 6 nitrogen and oxygen atoms in total. The predicted octanol–water partition coefficient (Wildman–Crippen LogP) is 18.6. The number of esters is 3. The molecule has 6 heteroatoms. The lowest BCUT2D eigenvalue weighted by Crippen LogP contribution is -2.30. The minimum atomic E-state index is -0.817. The van der Waals surface area contributed by atoms with Crippen LogP contribution in [0.25, 0.3) is 0 Å². The Bertz CT molecular complexity index is 1620. The summed E-state index contributed by atoms with van der Waals surface area (Å²) in [7, 11) is 0. The molecule has 0 amide bonds. The first-order valence-electron chi connectivity index (χ1n) is 27.5. The number of carbonyl (C=O) groups excluding carboxylic acids is 3. The van der Waals surface area contributed by atoms with Crippen LogP contribution in [0.1, 0.15) is 207 Å². The largest absolute Gasteiger partial charge is 0.462 e. The summed E-state index contributed by atoms with van der Waals surface area (Å²) in [5.74, 6) is -1.01. The van der Waals surface area contributed by atoms with Crippen molar-refractivity contribution in [3.8, 4) is 0 Å². The molecule has 0 aliphatic rings. The van der Waals surface area contributed by atoms with Crippen LogP contribution in [0.4, 0.5) is 0 Å². The molecule has 1 unspecified atom stereocenters. The van der Waals surface area contributed by atoms with Crippen molar-refractivity contribution < 1.29 is 28.6 Å². The van der Waals surface area contributed by atoms with Gasteiger partial charge in [0.25, 0.3) is 0 Å². The molecule has 1 atom stereocenters. The SMILES string of the molecule is CC/C=C\C/C=C\C/C=C\C/C=C\C/C=C\C/C=C\C/C=C\C/C=C\C/C=C\CCCCCC(=O)OCC(COC(=O)CCCCCCCC)OC(=O)CCCC/C=C\C/C=C\C/C=C\C/C=C\CC. The summed E-state index contributed by atoms with van der Waals surface area (Å²) in [4.78, 5) is 37.8. The standard InChI is InChI=1S/C64H98O6/c1-4-7-10-13-16-18-20-22-24-25-26-27-28-29-30-31-32-33-34-35-36-37-38-39-41-42-44-46-48-51-54-57-63(66)69-60-61(59-68-62(65)56-53-50-15-12-9-6-3)70-64(67)58-55-52-49-47-45-43-40-23-21-19-17-14-11-8-5-2/h7-8,10-11,16-19,22-24,26-27,29-30,32-33,35-36,38-40,42,44-45,47,61H,4-6,9,12-15,20-21,25,28,31,34,37,41,43,46,48-60H2,1-3H3/b10-7-,11-8-,18-16-,19-17-,24-22-,27-26-,30-29-,33-32-,36-35-,39-38-,40-23-,44-42-,47-45-. The van der Waals surface area contributed by atoms with Crippen LogP contribution in [-0.2, 0) is 28.6 Å². The number of allylic oxidation sites excluding steroid dienone is 26. The van der Waals surface area contributed by atoms with E-state index in [1.54, 1.807) is 0 Å². The van der Waals surface area contributed by atoms with Gasteiger partial charge in [0.1, 0.15) is 13.2 Å². The fourth-order valence-electron chi connectivity index (χ4n) is 6.72. The van der Waals surface area contributed by atoms with E-state index in [9.17, 15) is 14.4 Å². The van der Waals surface area contributed by atoms with E-state index < -0.39 is 6.10 Å². The van der Waals surface area contributed by atoms with Crippen LogP contribution in [0.2, 0.25) is 0 Å². The van der Waals surface area contributed by atoms with E-state index in [4.69, 9.17) is 14.2 Å². The van der Waals surface area contributed by atoms with Crippen LogP contribution in [0.3, 0.4) is 0 Å². The third kappa shape index (κ3) is 54.0. The molecule has 0 bridgehead atoms. The van der Waals surface area contributed by atoms with Crippen LogP contribution in [0, 0.1) is 0 Å². The second-order valence-electron chi connectivity index (χ2n) is 17.4. The first-order valence-corrected chi connectivity index (χ1v) is 27.5. The molecule has 0 saturated carbocycles. The smallest absolute Gasteiger partial charge is 0.306 e.